The maximum Gasteiger partial charge on any atom is 0.224 e. The molecule has 0 bridgehead atoms. The average Bonchev–Trinajstić information content (AvgIpc) is 2.85. The highest BCUT2D eigenvalue weighted by Gasteiger charge is 2.25. The van der Waals surface area contributed by atoms with Crippen LogP contribution in [0.15, 0.2) is 22.8 Å². The number of hydrogen-bond acceptors (Lipinski definition) is 4. The fourth-order valence-corrected chi connectivity index (χ4v) is 1.69. The van der Waals surface area contributed by atoms with Gasteiger partial charge in [-0.25, -0.2) is 0 Å². The van der Waals surface area contributed by atoms with Gasteiger partial charge in [-0.3, -0.25) is 4.79 Å². The zero-order valence-corrected chi connectivity index (χ0v) is 12.4. The molecule has 110 valence electrons. The molecule has 1 unspecified atom stereocenters. The fraction of sp³-hybridized carbons (Fsp3) is 0.600. The van der Waals surface area contributed by atoms with Crippen molar-refractivity contribution in [2.75, 3.05) is 6.54 Å². The lowest BCUT2D eigenvalue weighted by Crippen LogP contribution is -2.41. The van der Waals surface area contributed by atoms with Gasteiger partial charge in [0.1, 0.15) is 5.76 Å². The maximum atomic E-state index is 12.3. The average molecular weight is 277 g/mol. The van der Waals surface area contributed by atoms with Gasteiger partial charge in [-0.05, 0) is 17.5 Å². The Labute approximate surface area is 120 Å². The lowest BCUT2D eigenvalue weighted by molar-refractivity contribution is -0.133. The van der Waals surface area contributed by atoms with Crippen LogP contribution in [0.1, 0.15) is 39.4 Å². The summed E-state index contributed by atoms with van der Waals surface area (Å²) in [4.78, 5) is 14.0. The van der Waals surface area contributed by atoms with Crippen molar-refractivity contribution in [3.05, 3.63) is 24.2 Å². The van der Waals surface area contributed by atoms with Crippen LogP contribution in [0.5, 0.6) is 0 Å². The van der Waals surface area contributed by atoms with Gasteiger partial charge in [-0.1, -0.05) is 20.8 Å². The van der Waals surface area contributed by atoms with Crippen molar-refractivity contribution in [3.63, 3.8) is 0 Å². The van der Waals surface area contributed by atoms with Crippen LogP contribution < -0.4 is 5.73 Å². The molecule has 5 heteroatoms. The van der Waals surface area contributed by atoms with E-state index >= 15 is 0 Å². The molecule has 1 heterocycles. The van der Waals surface area contributed by atoms with Crippen LogP contribution in [-0.4, -0.2) is 23.4 Å². The van der Waals surface area contributed by atoms with Crippen molar-refractivity contribution in [1.82, 2.24) is 4.90 Å². The van der Waals surface area contributed by atoms with Crippen molar-refractivity contribution in [2.45, 2.75) is 46.2 Å². The summed E-state index contributed by atoms with van der Waals surface area (Å²) in [5.74, 6) is 0.666. The number of nitriles is 1. The van der Waals surface area contributed by atoms with Crippen molar-refractivity contribution >= 4 is 5.91 Å². The van der Waals surface area contributed by atoms with Crippen LogP contribution in [-0.2, 0) is 11.3 Å². The van der Waals surface area contributed by atoms with E-state index in [9.17, 15) is 4.79 Å². The predicted octanol–water partition coefficient (Wildman–Crippen LogP) is 2.29. The van der Waals surface area contributed by atoms with Gasteiger partial charge < -0.3 is 15.1 Å². The SMILES string of the molecule is CC(C)(C)C(N)CC(=O)N(CCC#N)Cc1ccco1. The first-order chi connectivity index (χ1) is 9.34. The molecular weight excluding hydrogens is 254 g/mol. The second-order valence-corrected chi connectivity index (χ2v) is 5.98. The zero-order chi connectivity index (χ0) is 15.2. The van der Waals surface area contributed by atoms with Gasteiger partial charge in [0.2, 0.25) is 5.91 Å². The first kappa shape index (κ1) is 16.3. The molecule has 1 atom stereocenters. The molecule has 1 aromatic heterocycles. The van der Waals surface area contributed by atoms with Crippen molar-refractivity contribution < 1.29 is 9.21 Å². The lowest BCUT2D eigenvalue weighted by Gasteiger charge is -2.29. The van der Waals surface area contributed by atoms with E-state index in [1.165, 1.54) is 0 Å². The molecule has 0 saturated heterocycles. The minimum absolute atomic E-state index is 0.0425. The van der Waals surface area contributed by atoms with Gasteiger partial charge in [-0.2, -0.15) is 5.26 Å². The molecule has 1 amide bonds. The minimum atomic E-state index is -0.212. The Balaban J connectivity index is 2.67. The third-order valence-corrected chi connectivity index (χ3v) is 3.28. The second-order valence-electron chi connectivity index (χ2n) is 5.98. The minimum Gasteiger partial charge on any atom is -0.467 e. The fourth-order valence-electron chi connectivity index (χ4n) is 1.69. The standard InChI is InChI=1S/C15H23N3O2/c1-15(2,3)13(17)10-14(19)18(8-5-7-16)11-12-6-4-9-20-12/h4,6,9,13H,5,8,10-11,17H2,1-3H3. The highest BCUT2D eigenvalue weighted by molar-refractivity contribution is 5.76. The number of nitrogens with zero attached hydrogens (tertiary/aromatic N) is 2. The van der Waals surface area contributed by atoms with Crippen LogP contribution in [0.2, 0.25) is 0 Å². The van der Waals surface area contributed by atoms with Crippen LogP contribution in [0.25, 0.3) is 0 Å². The normalized spacial score (nSPS) is 12.8. The highest BCUT2D eigenvalue weighted by atomic mass is 16.3. The first-order valence-corrected chi connectivity index (χ1v) is 6.77. The molecule has 0 radical (unpaired) electrons. The molecule has 2 N–H and O–H groups in total. The Morgan fingerprint density at radius 2 is 2.25 bits per heavy atom. The van der Waals surface area contributed by atoms with Crippen LogP contribution >= 0.6 is 0 Å². The van der Waals surface area contributed by atoms with Gasteiger partial charge in [0, 0.05) is 19.0 Å². The van der Waals surface area contributed by atoms with E-state index in [4.69, 9.17) is 15.4 Å². The van der Waals surface area contributed by atoms with Crippen LogP contribution in [0.4, 0.5) is 0 Å². The Hall–Kier alpha value is -1.80. The summed E-state index contributed by atoms with van der Waals surface area (Å²) < 4.78 is 5.26. The summed E-state index contributed by atoms with van der Waals surface area (Å²) in [5.41, 5.74) is 5.93. The zero-order valence-electron chi connectivity index (χ0n) is 12.4. The third kappa shape index (κ3) is 5.06. The Morgan fingerprint density at radius 1 is 1.55 bits per heavy atom. The summed E-state index contributed by atoms with van der Waals surface area (Å²) in [5, 5.41) is 8.70. The quantitative estimate of drug-likeness (QED) is 0.864. The van der Waals surface area contributed by atoms with E-state index in [2.05, 4.69) is 6.07 Å². The topological polar surface area (TPSA) is 83.3 Å². The summed E-state index contributed by atoms with van der Waals surface area (Å²) in [6.07, 6.45) is 2.15. The lowest BCUT2D eigenvalue weighted by atomic mass is 9.85. The smallest absolute Gasteiger partial charge is 0.224 e. The van der Waals surface area contributed by atoms with E-state index in [0.29, 0.717) is 25.3 Å². The van der Waals surface area contributed by atoms with Gasteiger partial charge in [0.05, 0.1) is 25.3 Å². The maximum absolute atomic E-state index is 12.3. The van der Waals surface area contributed by atoms with Crippen LogP contribution in [0.3, 0.4) is 0 Å². The van der Waals surface area contributed by atoms with Crippen molar-refractivity contribution in [2.24, 2.45) is 11.1 Å². The number of carbonyl (C=O) groups excluding carboxylic acids is 1. The predicted molar refractivity (Wildman–Crippen MR) is 76.4 cm³/mol. The number of carbonyl (C=O) groups is 1. The summed E-state index contributed by atoms with van der Waals surface area (Å²) in [7, 11) is 0. The Bertz CT molecular complexity index is 454. The molecule has 1 rings (SSSR count). The molecule has 0 aromatic carbocycles. The van der Waals surface area contributed by atoms with E-state index in [1.54, 1.807) is 17.2 Å². The molecule has 0 saturated carbocycles. The highest BCUT2D eigenvalue weighted by Crippen LogP contribution is 2.21. The van der Waals surface area contributed by atoms with Gasteiger partial charge in [-0.15, -0.1) is 0 Å². The molecular formula is C15H23N3O2. The van der Waals surface area contributed by atoms with E-state index < -0.39 is 0 Å². The molecule has 0 spiro atoms. The van der Waals surface area contributed by atoms with Gasteiger partial charge in [0.15, 0.2) is 0 Å². The third-order valence-electron chi connectivity index (χ3n) is 3.28. The number of hydrogen-bond donors (Lipinski definition) is 1. The van der Waals surface area contributed by atoms with E-state index in [-0.39, 0.29) is 23.8 Å². The molecule has 1 aromatic rings. The van der Waals surface area contributed by atoms with Gasteiger partial charge in [0.25, 0.3) is 0 Å². The molecule has 0 aliphatic rings. The molecule has 0 aliphatic carbocycles. The Morgan fingerprint density at radius 3 is 2.75 bits per heavy atom. The molecule has 0 aliphatic heterocycles. The molecule has 20 heavy (non-hydrogen) atoms. The van der Waals surface area contributed by atoms with Crippen LogP contribution in [0, 0.1) is 16.7 Å². The molecule has 5 nitrogen and oxygen atoms in total. The molecule has 0 fully saturated rings. The first-order valence-electron chi connectivity index (χ1n) is 6.77. The number of amides is 1. The summed E-state index contributed by atoms with van der Waals surface area (Å²) in [6.45, 7) is 6.81. The second kappa shape index (κ2) is 7.11. The summed E-state index contributed by atoms with van der Waals surface area (Å²) in [6, 6.07) is 5.45. The Kier molecular flexibility index (Phi) is 5.78. The van der Waals surface area contributed by atoms with E-state index in [0.717, 1.165) is 0 Å². The van der Waals surface area contributed by atoms with Crippen molar-refractivity contribution in [1.29, 1.82) is 5.26 Å². The monoisotopic (exact) mass is 277 g/mol. The number of furan rings is 1. The van der Waals surface area contributed by atoms with E-state index in [1.807, 2.05) is 26.8 Å². The van der Waals surface area contributed by atoms with Gasteiger partial charge >= 0.3 is 0 Å². The number of nitrogens with two attached hydrogens (primary N) is 1. The number of rotatable bonds is 6. The van der Waals surface area contributed by atoms with Crippen molar-refractivity contribution in [3.8, 4) is 6.07 Å². The summed E-state index contributed by atoms with van der Waals surface area (Å²) >= 11 is 0. The largest absolute Gasteiger partial charge is 0.467 e.